The Hall–Kier alpha value is -0.990. The van der Waals surface area contributed by atoms with Crippen molar-refractivity contribution in [3.05, 3.63) is 36.0 Å². The highest BCUT2D eigenvalue weighted by Crippen LogP contribution is 2.25. The van der Waals surface area contributed by atoms with E-state index < -0.39 is 0 Å². The van der Waals surface area contributed by atoms with Gasteiger partial charge >= 0.3 is 0 Å². The van der Waals surface area contributed by atoms with Gasteiger partial charge in [0.25, 0.3) is 0 Å². The molecule has 3 rings (SSSR count). The van der Waals surface area contributed by atoms with E-state index in [9.17, 15) is 0 Å². The van der Waals surface area contributed by atoms with Crippen molar-refractivity contribution in [2.75, 3.05) is 6.54 Å². The molecule has 1 aliphatic heterocycles. The molecule has 1 fully saturated rings. The van der Waals surface area contributed by atoms with Gasteiger partial charge in [-0.05, 0) is 44.7 Å². The zero-order valence-electron chi connectivity index (χ0n) is 11.7. The number of aromatic amines is 1. The molecule has 2 nitrogen and oxygen atoms in total. The standard InChI is InChI=1S/C16H22N2.ClH/c1-12-7-8-13(2)18(12)10-9-14-11-17-16-6-4-3-5-15(14)16;/h3-6,11-13,17H,7-10H2,1-2H3;1H/t12-,13-;/m0./s1. The Morgan fingerprint density at radius 3 is 2.58 bits per heavy atom. The maximum atomic E-state index is 3.37. The lowest BCUT2D eigenvalue weighted by Gasteiger charge is -2.25. The number of H-pyrrole nitrogens is 1. The first kappa shape index (κ1) is 14.4. The fourth-order valence-corrected chi connectivity index (χ4v) is 3.28. The van der Waals surface area contributed by atoms with Gasteiger partial charge in [-0.2, -0.15) is 0 Å². The molecule has 2 aromatic rings. The molecular weight excluding hydrogens is 256 g/mol. The summed E-state index contributed by atoms with van der Waals surface area (Å²) >= 11 is 0. The molecule has 2 heterocycles. The summed E-state index contributed by atoms with van der Waals surface area (Å²) in [5.74, 6) is 0. The van der Waals surface area contributed by atoms with Gasteiger partial charge in [0.15, 0.2) is 0 Å². The summed E-state index contributed by atoms with van der Waals surface area (Å²) in [5.41, 5.74) is 2.71. The molecule has 2 atom stereocenters. The third-order valence-electron chi connectivity index (χ3n) is 4.45. The van der Waals surface area contributed by atoms with Gasteiger partial charge in [0.05, 0.1) is 0 Å². The first-order valence-corrected chi connectivity index (χ1v) is 7.06. The van der Waals surface area contributed by atoms with E-state index in [4.69, 9.17) is 0 Å². The topological polar surface area (TPSA) is 19.0 Å². The highest BCUT2D eigenvalue weighted by atomic mass is 35.5. The molecule has 1 N–H and O–H groups in total. The number of rotatable bonds is 3. The number of para-hydroxylation sites is 1. The van der Waals surface area contributed by atoms with Gasteiger partial charge in [-0.3, -0.25) is 4.90 Å². The number of fused-ring (bicyclic) bond motifs is 1. The van der Waals surface area contributed by atoms with E-state index in [0.29, 0.717) is 0 Å². The molecule has 1 aromatic carbocycles. The lowest BCUT2D eigenvalue weighted by Crippen LogP contribution is -2.34. The van der Waals surface area contributed by atoms with Crippen molar-refractivity contribution < 1.29 is 0 Å². The number of likely N-dealkylation sites (tertiary alicyclic amines) is 1. The third kappa shape index (κ3) is 2.80. The molecule has 0 aliphatic carbocycles. The Labute approximate surface area is 121 Å². The highest BCUT2D eigenvalue weighted by molar-refractivity contribution is 5.85. The van der Waals surface area contributed by atoms with Gasteiger partial charge in [-0.1, -0.05) is 18.2 Å². The van der Waals surface area contributed by atoms with Crippen LogP contribution in [0.2, 0.25) is 0 Å². The average molecular weight is 279 g/mol. The second-order valence-electron chi connectivity index (χ2n) is 5.62. The van der Waals surface area contributed by atoms with Crippen LogP contribution >= 0.6 is 12.4 Å². The molecule has 0 amide bonds. The van der Waals surface area contributed by atoms with Crippen LogP contribution in [0.15, 0.2) is 30.5 Å². The van der Waals surface area contributed by atoms with E-state index >= 15 is 0 Å². The van der Waals surface area contributed by atoms with Crippen LogP contribution in [0.5, 0.6) is 0 Å². The largest absolute Gasteiger partial charge is 0.361 e. The van der Waals surface area contributed by atoms with Crippen molar-refractivity contribution in [1.82, 2.24) is 9.88 Å². The van der Waals surface area contributed by atoms with Crippen LogP contribution in [0.25, 0.3) is 10.9 Å². The minimum absolute atomic E-state index is 0. The molecule has 1 saturated heterocycles. The fraction of sp³-hybridized carbons (Fsp3) is 0.500. The van der Waals surface area contributed by atoms with Gasteiger partial charge in [0.2, 0.25) is 0 Å². The van der Waals surface area contributed by atoms with Crippen molar-refractivity contribution in [2.45, 2.75) is 45.2 Å². The van der Waals surface area contributed by atoms with Crippen molar-refractivity contribution in [2.24, 2.45) is 0 Å². The SMILES string of the molecule is C[C@H]1CC[C@H](C)N1CCc1c[nH]c2ccccc12.Cl. The first-order chi connectivity index (χ1) is 8.75. The minimum Gasteiger partial charge on any atom is -0.361 e. The second kappa shape index (κ2) is 5.98. The summed E-state index contributed by atoms with van der Waals surface area (Å²) in [6.07, 6.45) is 6.04. The predicted octanol–water partition coefficient (Wildman–Crippen LogP) is 4.01. The van der Waals surface area contributed by atoms with E-state index in [2.05, 4.69) is 54.2 Å². The number of hydrogen-bond donors (Lipinski definition) is 1. The van der Waals surface area contributed by atoms with Gasteiger partial charge in [0, 0.05) is 35.7 Å². The zero-order valence-corrected chi connectivity index (χ0v) is 12.5. The van der Waals surface area contributed by atoms with Crippen LogP contribution < -0.4 is 0 Å². The van der Waals surface area contributed by atoms with Crippen LogP contribution in [0.4, 0.5) is 0 Å². The fourth-order valence-electron chi connectivity index (χ4n) is 3.28. The molecule has 0 bridgehead atoms. The van der Waals surface area contributed by atoms with Gasteiger partial charge < -0.3 is 4.98 Å². The number of nitrogens with one attached hydrogen (secondary N) is 1. The smallest absolute Gasteiger partial charge is 0.0456 e. The quantitative estimate of drug-likeness (QED) is 0.899. The van der Waals surface area contributed by atoms with Crippen molar-refractivity contribution >= 4 is 23.3 Å². The number of halogens is 1. The van der Waals surface area contributed by atoms with Crippen molar-refractivity contribution in [3.8, 4) is 0 Å². The van der Waals surface area contributed by atoms with Crippen LogP contribution in [0.3, 0.4) is 0 Å². The first-order valence-electron chi connectivity index (χ1n) is 7.06. The molecule has 19 heavy (non-hydrogen) atoms. The number of nitrogens with zero attached hydrogens (tertiary/aromatic N) is 1. The lowest BCUT2D eigenvalue weighted by atomic mass is 10.1. The summed E-state index contributed by atoms with van der Waals surface area (Å²) in [6, 6.07) is 10.1. The molecule has 0 saturated carbocycles. The van der Waals surface area contributed by atoms with Gasteiger partial charge in [-0.25, -0.2) is 0 Å². The minimum atomic E-state index is 0. The van der Waals surface area contributed by atoms with Crippen LogP contribution in [-0.2, 0) is 6.42 Å². The Morgan fingerprint density at radius 1 is 1.16 bits per heavy atom. The molecule has 3 heteroatoms. The van der Waals surface area contributed by atoms with E-state index in [-0.39, 0.29) is 12.4 Å². The zero-order chi connectivity index (χ0) is 12.5. The molecule has 104 valence electrons. The summed E-state index contributed by atoms with van der Waals surface area (Å²) in [6.45, 7) is 5.90. The van der Waals surface area contributed by atoms with E-state index in [1.54, 1.807) is 0 Å². The lowest BCUT2D eigenvalue weighted by molar-refractivity contribution is 0.217. The third-order valence-corrected chi connectivity index (χ3v) is 4.45. The highest BCUT2D eigenvalue weighted by Gasteiger charge is 2.26. The molecule has 1 aromatic heterocycles. The van der Waals surface area contributed by atoms with E-state index in [0.717, 1.165) is 18.5 Å². The molecule has 0 spiro atoms. The summed E-state index contributed by atoms with van der Waals surface area (Å²) in [7, 11) is 0. The maximum Gasteiger partial charge on any atom is 0.0456 e. The van der Waals surface area contributed by atoms with Crippen LogP contribution in [0, 0.1) is 0 Å². The normalized spacial score (nSPS) is 23.7. The Bertz CT molecular complexity index is 524. The Kier molecular flexibility index (Phi) is 4.54. The molecule has 1 aliphatic rings. The van der Waals surface area contributed by atoms with E-state index in [1.165, 1.54) is 35.9 Å². The number of benzene rings is 1. The van der Waals surface area contributed by atoms with Crippen LogP contribution in [-0.4, -0.2) is 28.5 Å². The van der Waals surface area contributed by atoms with Gasteiger partial charge in [0.1, 0.15) is 0 Å². The molecular formula is C16H23ClN2. The Balaban J connectivity index is 0.00000133. The maximum absolute atomic E-state index is 3.37. The number of hydrogen-bond acceptors (Lipinski definition) is 1. The summed E-state index contributed by atoms with van der Waals surface area (Å²) < 4.78 is 0. The van der Waals surface area contributed by atoms with Crippen molar-refractivity contribution in [1.29, 1.82) is 0 Å². The van der Waals surface area contributed by atoms with E-state index in [1.807, 2.05) is 0 Å². The molecule has 0 unspecified atom stereocenters. The monoisotopic (exact) mass is 278 g/mol. The summed E-state index contributed by atoms with van der Waals surface area (Å²) in [4.78, 5) is 6.02. The average Bonchev–Trinajstić information content (AvgIpc) is 2.93. The van der Waals surface area contributed by atoms with Crippen molar-refractivity contribution in [3.63, 3.8) is 0 Å². The number of aromatic nitrogens is 1. The predicted molar refractivity (Wildman–Crippen MR) is 84.1 cm³/mol. The van der Waals surface area contributed by atoms with Crippen LogP contribution in [0.1, 0.15) is 32.3 Å². The molecule has 0 radical (unpaired) electrons. The Morgan fingerprint density at radius 2 is 1.84 bits per heavy atom. The van der Waals surface area contributed by atoms with Gasteiger partial charge in [-0.15, -0.1) is 12.4 Å². The summed E-state index contributed by atoms with van der Waals surface area (Å²) in [5, 5.41) is 1.39. The second-order valence-corrected chi connectivity index (χ2v) is 5.62.